The Bertz CT molecular complexity index is 664. The molecule has 0 unspecified atom stereocenters. The number of aromatic nitrogens is 4. The summed E-state index contributed by atoms with van der Waals surface area (Å²) in [5.41, 5.74) is 1.56. The first-order chi connectivity index (χ1) is 8.15. The van der Waals surface area contributed by atoms with Gasteiger partial charge in [0.05, 0.1) is 16.7 Å². The van der Waals surface area contributed by atoms with Crippen molar-refractivity contribution in [1.82, 2.24) is 19.6 Å². The van der Waals surface area contributed by atoms with Crippen molar-refractivity contribution in [2.75, 3.05) is 0 Å². The highest BCUT2D eigenvalue weighted by Gasteiger charge is 2.13. The molecule has 7 heteroatoms. The van der Waals surface area contributed by atoms with Crippen molar-refractivity contribution >= 4 is 22.6 Å². The van der Waals surface area contributed by atoms with Crippen LogP contribution in [0.5, 0.6) is 0 Å². The van der Waals surface area contributed by atoms with E-state index in [0.717, 1.165) is 22.7 Å². The Labute approximate surface area is 98.5 Å². The Hall–Kier alpha value is -1.89. The average molecular weight is 252 g/mol. The molecule has 2 heterocycles. The van der Waals surface area contributed by atoms with Crippen LogP contribution in [0.2, 0.25) is 0 Å². The molecule has 3 rings (SSSR count). The fourth-order valence-corrected chi connectivity index (χ4v) is 2.16. The highest BCUT2D eigenvalue weighted by molar-refractivity contribution is 7.09. The molecule has 0 aliphatic heterocycles. The molecule has 0 aliphatic rings. The molecule has 1 aromatic carbocycles. The second kappa shape index (κ2) is 3.56. The predicted molar refractivity (Wildman–Crippen MR) is 59.6 cm³/mol. The van der Waals surface area contributed by atoms with E-state index in [9.17, 15) is 8.78 Å². The van der Waals surface area contributed by atoms with Gasteiger partial charge >= 0.3 is 0 Å². The monoisotopic (exact) mass is 252 g/mol. The van der Waals surface area contributed by atoms with Crippen LogP contribution in [0.25, 0.3) is 21.7 Å². The number of aryl methyl sites for hydroxylation is 1. The first kappa shape index (κ1) is 10.3. The number of aromatic amines is 1. The van der Waals surface area contributed by atoms with Crippen LogP contribution >= 0.6 is 11.5 Å². The molecule has 0 spiro atoms. The van der Waals surface area contributed by atoms with Crippen molar-refractivity contribution < 1.29 is 8.78 Å². The molecule has 1 N–H and O–H groups in total. The number of fused-ring (bicyclic) bond motifs is 1. The maximum Gasteiger partial charge on any atom is 0.161 e. The molecular weight excluding hydrogens is 246 g/mol. The lowest BCUT2D eigenvalue weighted by Gasteiger charge is -1.90. The fourth-order valence-electron chi connectivity index (χ4n) is 1.56. The van der Waals surface area contributed by atoms with Crippen molar-refractivity contribution in [2.24, 2.45) is 0 Å². The molecule has 0 amide bonds. The molecule has 0 bridgehead atoms. The standard InChI is InChI=1S/C10H6F2N4S/c1-4-9(17-16-15-4)10-13-7-2-5(11)6(12)3-8(7)14-10/h2-3H,1H3,(H,13,14). The van der Waals surface area contributed by atoms with E-state index in [1.165, 1.54) is 11.5 Å². The van der Waals surface area contributed by atoms with E-state index >= 15 is 0 Å². The Morgan fingerprint density at radius 1 is 1.24 bits per heavy atom. The molecule has 17 heavy (non-hydrogen) atoms. The summed E-state index contributed by atoms with van der Waals surface area (Å²) in [6.07, 6.45) is 0. The number of hydrogen-bond acceptors (Lipinski definition) is 4. The van der Waals surface area contributed by atoms with Gasteiger partial charge in [0.15, 0.2) is 17.5 Å². The summed E-state index contributed by atoms with van der Waals surface area (Å²) in [7, 11) is 0. The van der Waals surface area contributed by atoms with Gasteiger partial charge in [-0.05, 0) is 18.5 Å². The van der Waals surface area contributed by atoms with E-state index in [2.05, 4.69) is 19.6 Å². The first-order valence-corrected chi connectivity index (χ1v) is 5.56. The molecular formula is C10H6F2N4S. The molecule has 3 aromatic rings. The van der Waals surface area contributed by atoms with Crippen molar-refractivity contribution in [2.45, 2.75) is 6.92 Å². The van der Waals surface area contributed by atoms with Crippen molar-refractivity contribution in [1.29, 1.82) is 0 Å². The number of hydrogen-bond donors (Lipinski definition) is 1. The third-order valence-electron chi connectivity index (χ3n) is 2.39. The van der Waals surface area contributed by atoms with E-state index < -0.39 is 11.6 Å². The Morgan fingerprint density at radius 2 is 2.00 bits per heavy atom. The molecule has 0 fully saturated rings. The van der Waals surface area contributed by atoms with E-state index in [1.54, 1.807) is 6.92 Å². The van der Waals surface area contributed by atoms with Crippen molar-refractivity contribution in [3.8, 4) is 10.7 Å². The van der Waals surface area contributed by atoms with Gasteiger partial charge in [-0.3, -0.25) is 0 Å². The lowest BCUT2D eigenvalue weighted by molar-refractivity contribution is 0.510. The predicted octanol–water partition coefficient (Wildman–Crippen LogP) is 2.67. The van der Waals surface area contributed by atoms with Gasteiger partial charge in [0, 0.05) is 12.1 Å². The number of imidazole rings is 1. The highest BCUT2D eigenvalue weighted by Crippen LogP contribution is 2.26. The minimum absolute atomic E-state index is 0.381. The zero-order valence-electron chi connectivity index (χ0n) is 8.66. The number of rotatable bonds is 1. The fraction of sp³-hybridized carbons (Fsp3) is 0.100. The maximum absolute atomic E-state index is 13.0. The summed E-state index contributed by atoms with van der Waals surface area (Å²) in [5.74, 6) is -1.28. The number of halogens is 2. The van der Waals surface area contributed by atoms with E-state index in [4.69, 9.17) is 0 Å². The molecule has 0 radical (unpaired) electrons. The molecule has 0 atom stereocenters. The normalized spacial score (nSPS) is 11.2. The quantitative estimate of drug-likeness (QED) is 0.724. The number of H-pyrrole nitrogens is 1. The molecule has 0 aliphatic carbocycles. The van der Waals surface area contributed by atoms with Gasteiger partial charge in [-0.15, -0.1) is 5.10 Å². The van der Waals surface area contributed by atoms with Crippen LogP contribution in [0, 0.1) is 18.6 Å². The average Bonchev–Trinajstić information content (AvgIpc) is 2.85. The van der Waals surface area contributed by atoms with E-state index in [1.807, 2.05) is 0 Å². The van der Waals surface area contributed by atoms with Gasteiger partial charge in [0.25, 0.3) is 0 Å². The molecule has 0 saturated heterocycles. The zero-order chi connectivity index (χ0) is 12.0. The SMILES string of the molecule is Cc1nnsc1-c1nc2cc(F)c(F)cc2[nH]1. The van der Waals surface area contributed by atoms with Gasteiger partial charge in [-0.2, -0.15) is 0 Å². The van der Waals surface area contributed by atoms with Crippen LogP contribution in [0.15, 0.2) is 12.1 Å². The summed E-state index contributed by atoms with van der Waals surface area (Å²) in [5, 5.41) is 3.86. The van der Waals surface area contributed by atoms with Crippen molar-refractivity contribution in [3.63, 3.8) is 0 Å². The van der Waals surface area contributed by atoms with Crippen LogP contribution in [-0.2, 0) is 0 Å². The molecule has 86 valence electrons. The summed E-state index contributed by atoms with van der Waals surface area (Å²) < 4.78 is 29.9. The smallest absolute Gasteiger partial charge is 0.161 e. The summed E-state index contributed by atoms with van der Waals surface area (Å²) in [4.78, 5) is 7.87. The Balaban J connectivity index is 2.24. The molecule has 2 aromatic heterocycles. The van der Waals surface area contributed by atoms with Crippen LogP contribution in [0.4, 0.5) is 8.78 Å². The minimum atomic E-state index is -0.908. The third kappa shape index (κ3) is 1.59. The topological polar surface area (TPSA) is 54.5 Å². The first-order valence-electron chi connectivity index (χ1n) is 4.79. The van der Waals surface area contributed by atoms with Gasteiger partial charge in [-0.1, -0.05) is 4.49 Å². The Morgan fingerprint density at radius 3 is 2.71 bits per heavy atom. The largest absolute Gasteiger partial charge is 0.337 e. The van der Waals surface area contributed by atoms with Crippen LogP contribution < -0.4 is 0 Å². The van der Waals surface area contributed by atoms with Gasteiger partial charge in [0.1, 0.15) is 4.88 Å². The highest BCUT2D eigenvalue weighted by atomic mass is 32.1. The van der Waals surface area contributed by atoms with Crippen LogP contribution in [0.3, 0.4) is 0 Å². The third-order valence-corrected chi connectivity index (χ3v) is 3.23. The van der Waals surface area contributed by atoms with E-state index in [0.29, 0.717) is 16.9 Å². The lowest BCUT2D eigenvalue weighted by atomic mass is 10.3. The van der Waals surface area contributed by atoms with Crippen LogP contribution in [-0.4, -0.2) is 19.6 Å². The Kier molecular flexibility index (Phi) is 2.15. The van der Waals surface area contributed by atoms with Gasteiger partial charge in [0.2, 0.25) is 0 Å². The number of nitrogens with zero attached hydrogens (tertiary/aromatic N) is 3. The second-order valence-electron chi connectivity index (χ2n) is 3.56. The van der Waals surface area contributed by atoms with Gasteiger partial charge in [-0.25, -0.2) is 13.8 Å². The van der Waals surface area contributed by atoms with Crippen LogP contribution in [0.1, 0.15) is 5.69 Å². The summed E-state index contributed by atoms with van der Waals surface area (Å²) in [6.45, 7) is 1.80. The summed E-state index contributed by atoms with van der Waals surface area (Å²) in [6, 6.07) is 2.15. The second-order valence-corrected chi connectivity index (χ2v) is 4.31. The minimum Gasteiger partial charge on any atom is -0.337 e. The van der Waals surface area contributed by atoms with E-state index in [-0.39, 0.29) is 0 Å². The lowest BCUT2D eigenvalue weighted by Crippen LogP contribution is -1.82. The maximum atomic E-state index is 13.0. The molecule has 0 saturated carbocycles. The number of benzene rings is 1. The van der Waals surface area contributed by atoms with Gasteiger partial charge < -0.3 is 4.98 Å². The van der Waals surface area contributed by atoms with Crippen molar-refractivity contribution in [3.05, 3.63) is 29.5 Å². The molecule has 4 nitrogen and oxygen atoms in total. The summed E-state index contributed by atoms with van der Waals surface area (Å²) >= 11 is 1.18. The number of nitrogens with one attached hydrogen (secondary N) is 1. The zero-order valence-corrected chi connectivity index (χ0v) is 9.48.